The summed E-state index contributed by atoms with van der Waals surface area (Å²) in [7, 11) is 2.82. The van der Waals surface area contributed by atoms with Crippen molar-refractivity contribution in [2.24, 2.45) is 14.1 Å². The Hall–Kier alpha value is -4.60. The summed E-state index contributed by atoms with van der Waals surface area (Å²) in [5.41, 5.74) is -0.133. The number of pyridine rings is 1. The van der Waals surface area contributed by atoms with Crippen LogP contribution in [0, 0.1) is 5.82 Å². The van der Waals surface area contributed by atoms with Crippen molar-refractivity contribution in [3.05, 3.63) is 98.6 Å². The van der Waals surface area contributed by atoms with E-state index >= 15 is 0 Å². The van der Waals surface area contributed by atoms with Gasteiger partial charge in [0.15, 0.2) is 0 Å². The number of aryl methyl sites for hydroxylation is 1. The Bertz CT molecular complexity index is 1540. The molecule has 4 rings (SSSR count). The Balaban J connectivity index is 1.58. The van der Waals surface area contributed by atoms with Crippen LogP contribution in [0.1, 0.15) is 20.8 Å². The number of anilines is 2. The molecule has 0 aliphatic rings. The average Bonchev–Trinajstić information content (AvgIpc) is 2.81. The number of rotatable bonds is 4. The molecule has 0 bridgehead atoms. The van der Waals surface area contributed by atoms with Crippen LogP contribution in [0.3, 0.4) is 0 Å². The van der Waals surface area contributed by atoms with E-state index in [0.29, 0.717) is 11.4 Å². The third kappa shape index (κ3) is 4.26. The molecule has 2 N–H and O–H groups in total. The van der Waals surface area contributed by atoms with E-state index in [9.17, 15) is 23.6 Å². The summed E-state index contributed by atoms with van der Waals surface area (Å²) in [5.74, 6) is -1.55. The number of halogens is 1. The van der Waals surface area contributed by atoms with Crippen LogP contribution < -0.4 is 21.9 Å². The fraction of sp³-hybridized carbons (Fsp3) is 0.0870. The molecule has 0 unspecified atom stereocenters. The quantitative estimate of drug-likeness (QED) is 0.498. The van der Waals surface area contributed by atoms with Crippen molar-refractivity contribution in [3.8, 4) is 0 Å². The minimum Gasteiger partial charge on any atom is -0.322 e. The maximum atomic E-state index is 13.3. The molecule has 0 aliphatic heterocycles. The number of hydrogen-bond acceptors (Lipinski definition) is 5. The number of nitrogens with zero attached hydrogens (tertiary/aromatic N) is 3. The van der Waals surface area contributed by atoms with E-state index in [0.717, 1.165) is 4.57 Å². The van der Waals surface area contributed by atoms with Gasteiger partial charge in [-0.25, -0.2) is 14.2 Å². The highest BCUT2D eigenvalue weighted by Crippen LogP contribution is 2.16. The highest BCUT2D eigenvalue weighted by molar-refractivity contribution is 6.07. The van der Waals surface area contributed by atoms with Crippen molar-refractivity contribution < 1.29 is 14.0 Å². The summed E-state index contributed by atoms with van der Waals surface area (Å²) >= 11 is 0. The van der Waals surface area contributed by atoms with E-state index < -0.39 is 28.9 Å². The van der Waals surface area contributed by atoms with Crippen molar-refractivity contribution >= 4 is 34.2 Å². The predicted octanol–water partition coefficient (Wildman–Crippen LogP) is 2.28. The van der Waals surface area contributed by atoms with Crippen LogP contribution in [-0.4, -0.2) is 25.9 Å². The van der Waals surface area contributed by atoms with Gasteiger partial charge in [-0.2, -0.15) is 0 Å². The molecule has 0 radical (unpaired) electrons. The lowest BCUT2D eigenvalue weighted by Gasteiger charge is -2.10. The van der Waals surface area contributed by atoms with Gasteiger partial charge in [-0.05, 0) is 48.5 Å². The van der Waals surface area contributed by atoms with E-state index in [1.165, 1.54) is 55.1 Å². The molecule has 0 saturated carbocycles. The van der Waals surface area contributed by atoms with E-state index in [1.807, 2.05) is 0 Å². The lowest BCUT2D eigenvalue weighted by Crippen LogP contribution is -2.37. The topological polar surface area (TPSA) is 115 Å². The lowest BCUT2D eigenvalue weighted by molar-refractivity contribution is 0.101. The molecule has 33 heavy (non-hydrogen) atoms. The summed E-state index contributed by atoms with van der Waals surface area (Å²) in [6, 6.07) is 14.5. The zero-order valence-corrected chi connectivity index (χ0v) is 17.6. The van der Waals surface area contributed by atoms with Crippen LogP contribution in [0.2, 0.25) is 0 Å². The molecular formula is C23H18FN5O4. The van der Waals surface area contributed by atoms with Crippen LogP contribution in [0.25, 0.3) is 11.0 Å². The van der Waals surface area contributed by atoms with Crippen LogP contribution in [0.5, 0.6) is 0 Å². The molecule has 0 fully saturated rings. The summed E-state index contributed by atoms with van der Waals surface area (Å²) < 4.78 is 15.5. The van der Waals surface area contributed by atoms with Gasteiger partial charge in [0, 0.05) is 31.0 Å². The zero-order chi connectivity index (χ0) is 23.7. The monoisotopic (exact) mass is 447 g/mol. The second kappa shape index (κ2) is 8.50. The number of hydrogen-bond donors (Lipinski definition) is 2. The van der Waals surface area contributed by atoms with Crippen molar-refractivity contribution in [1.82, 2.24) is 14.1 Å². The first kappa shape index (κ1) is 21.6. The van der Waals surface area contributed by atoms with Crippen LogP contribution in [0.15, 0.2) is 70.3 Å². The van der Waals surface area contributed by atoms with E-state index in [-0.39, 0.29) is 22.3 Å². The molecule has 0 atom stereocenters. The summed E-state index contributed by atoms with van der Waals surface area (Å²) in [6.07, 6.45) is 0. The molecule has 166 valence electrons. The molecule has 10 heteroatoms. The van der Waals surface area contributed by atoms with Crippen LogP contribution >= 0.6 is 0 Å². The van der Waals surface area contributed by atoms with Crippen molar-refractivity contribution in [1.29, 1.82) is 0 Å². The van der Waals surface area contributed by atoms with Crippen molar-refractivity contribution in [3.63, 3.8) is 0 Å². The Labute approximate surface area is 186 Å². The third-order valence-corrected chi connectivity index (χ3v) is 5.00. The van der Waals surface area contributed by atoms with Gasteiger partial charge in [0.1, 0.15) is 17.2 Å². The Morgan fingerprint density at radius 2 is 1.52 bits per heavy atom. The minimum atomic E-state index is -0.590. The fourth-order valence-corrected chi connectivity index (χ4v) is 3.28. The second-order valence-electron chi connectivity index (χ2n) is 7.27. The number of nitrogens with one attached hydrogen (secondary N) is 2. The largest absolute Gasteiger partial charge is 0.332 e. The molecule has 2 aromatic heterocycles. The average molecular weight is 447 g/mol. The Kier molecular flexibility index (Phi) is 5.57. The normalized spacial score (nSPS) is 10.8. The van der Waals surface area contributed by atoms with E-state index in [2.05, 4.69) is 15.6 Å². The smallest absolute Gasteiger partial charge is 0.322 e. The predicted molar refractivity (Wildman–Crippen MR) is 121 cm³/mol. The van der Waals surface area contributed by atoms with E-state index in [1.54, 1.807) is 24.3 Å². The highest BCUT2D eigenvalue weighted by atomic mass is 19.1. The molecular weight excluding hydrogens is 429 g/mol. The first-order valence-electron chi connectivity index (χ1n) is 9.79. The first-order valence-corrected chi connectivity index (χ1v) is 9.79. The van der Waals surface area contributed by atoms with Gasteiger partial charge in [0.2, 0.25) is 0 Å². The molecule has 9 nitrogen and oxygen atoms in total. The summed E-state index contributed by atoms with van der Waals surface area (Å²) in [6.45, 7) is 0. The van der Waals surface area contributed by atoms with Gasteiger partial charge < -0.3 is 10.6 Å². The van der Waals surface area contributed by atoms with Crippen molar-refractivity contribution in [2.75, 3.05) is 10.6 Å². The SMILES string of the molecule is Cn1c(=O)c2ccc(C(=O)Nc3cccc(C(=O)Nc4cccc(F)c4)c3)nc2n(C)c1=O. The maximum absolute atomic E-state index is 13.3. The lowest BCUT2D eigenvalue weighted by atomic mass is 10.1. The van der Waals surface area contributed by atoms with Gasteiger partial charge in [0.05, 0.1) is 5.39 Å². The Morgan fingerprint density at radius 3 is 2.24 bits per heavy atom. The molecule has 2 aromatic carbocycles. The number of carbonyl (C=O) groups excluding carboxylic acids is 2. The number of fused-ring (bicyclic) bond motifs is 1. The highest BCUT2D eigenvalue weighted by Gasteiger charge is 2.15. The van der Waals surface area contributed by atoms with E-state index in [4.69, 9.17) is 0 Å². The molecule has 2 heterocycles. The van der Waals surface area contributed by atoms with Crippen LogP contribution in [-0.2, 0) is 14.1 Å². The minimum absolute atomic E-state index is 0.0135. The molecule has 0 spiro atoms. The third-order valence-electron chi connectivity index (χ3n) is 5.00. The maximum Gasteiger partial charge on any atom is 0.332 e. The van der Waals surface area contributed by atoms with Crippen molar-refractivity contribution in [2.45, 2.75) is 0 Å². The van der Waals surface area contributed by atoms with Gasteiger partial charge in [-0.3, -0.25) is 23.5 Å². The summed E-state index contributed by atoms with van der Waals surface area (Å²) in [5, 5.41) is 5.42. The van der Waals surface area contributed by atoms with Gasteiger partial charge >= 0.3 is 5.69 Å². The standard InChI is InChI=1S/C23H18FN5O4/c1-28-19-17(22(32)29(2)23(28)33)9-10-18(27-19)21(31)26-15-7-3-5-13(11-15)20(30)25-16-8-4-6-14(24)12-16/h3-12H,1-2H3,(H,25,30)(H,26,31). The van der Waals surface area contributed by atoms with Crippen LogP contribution in [0.4, 0.5) is 15.8 Å². The first-order chi connectivity index (χ1) is 15.7. The number of benzene rings is 2. The number of aromatic nitrogens is 3. The number of amides is 2. The Morgan fingerprint density at radius 1 is 0.848 bits per heavy atom. The number of carbonyl (C=O) groups is 2. The molecule has 4 aromatic rings. The molecule has 0 aliphatic carbocycles. The second-order valence-corrected chi connectivity index (χ2v) is 7.27. The van der Waals surface area contributed by atoms with Gasteiger partial charge in [-0.15, -0.1) is 0 Å². The van der Waals surface area contributed by atoms with Gasteiger partial charge in [0.25, 0.3) is 17.4 Å². The van der Waals surface area contributed by atoms with Gasteiger partial charge in [-0.1, -0.05) is 12.1 Å². The zero-order valence-electron chi connectivity index (χ0n) is 17.6. The fourth-order valence-electron chi connectivity index (χ4n) is 3.28. The molecule has 2 amide bonds. The molecule has 0 saturated heterocycles. The summed E-state index contributed by atoms with van der Waals surface area (Å²) in [4.78, 5) is 53.8.